The fourth-order valence-corrected chi connectivity index (χ4v) is 9.31. The number of allylic oxidation sites excluding steroid dienone is 3. The molecule has 1 heterocycles. The molecule has 278 valence electrons. The van der Waals surface area contributed by atoms with E-state index in [1.54, 1.807) is 0 Å². The first kappa shape index (κ1) is 34.2. The molecule has 3 heteroatoms. The molecular weight excluding hydrogens is 705 g/mol. The zero-order chi connectivity index (χ0) is 38.8. The quantitative estimate of drug-likeness (QED) is 0.176. The predicted molar refractivity (Wildman–Crippen MR) is 244 cm³/mol. The highest BCUT2D eigenvalue weighted by molar-refractivity contribution is 6.08. The second-order valence-corrected chi connectivity index (χ2v) is 16.2. The molecule has 0 saturated heterocycles. The Bertz CT molecular complexity index is 3080. The van der Waals surface area contributed by atoms with Gasteiger partial charge in [0, 0.05) is 56.1 Å². The second kappa shape index (κ2) is 13.5. The third kappa shape index (κ3) is 5.73. The van der Waals surface area contributed by atoms with Crippen LogP contribution in [-0.2, 0) is 5.41 Å². The summed E-state index contributed by atoms with van der Waals surface area (Å²) in [5.41, 5.74) is 16.3. The van der Waals surface area contributed by atoms with Crippen LogP contribution in [0.3, 0.4) is 0 Å². The molecule has 0 spiro atoms. The van der Waals surface area contributed by atoms with Crippen LogP contribution < -0.4 is 10.2 Å². The maximum absolute atomic E-state index is 6.28. The summed E-state index contributed by atoms with van der Waals surface area (Å²) in [7, 11) is 0. The van der Waals surface area contributed by atoms with Gasteiger partial charge in [0.1, 0.15) is 11.2 Å². The van der Waals surface area contributed by atoms with Gasteiger partial charge in [-0.25, -0.2) is 0 Å². The largest absolute Gasteiger partial charge is 0.456 e. The third-order valence-corrected chi connectivity index (χ3v) is 12.4. The van der Waals surface area contributed by atoms with E-state index in [0.717, 1.165) is 56.5 Å². The first-order valence-electron chi connectivity index (χ1n) is 20.3. The van der Waals surface area contributed by atoms with Crippen molar-refractivity contribution in [3.05, 3.63) is 217 Å². The molecule has 2 aliphatic carbocycles. The molecule has 1 aromatic heterocycles. The van der Waals surface area contributed by atoms with Crippen LogP contribution in [-0.4, -0.2) is 0 Å². The lowest BCUT2D eigenvalue weighted by Crippen LogP contribution is -2.18. The van der Waals surface area contributed by atoms with Gasteiger partial charge in [-0.05, 0) is 123 Å². The zero-order valence-corrected chi connectivity index (χ0v) is 32.6. The monoisotopic (exact) mass is 746 g/mol. The SMILES string of the molecule is CC1(C)c2ccc(N(C3=CCC(c4ccc(Nc5cc6c(cc5-c5ccccc5)oc5ccccc56)cc4)C=C3)c3ccccc3)cc2-c2cc3ccccc3cc21. The molecule has 11 rings (SSSR count). The zero-order valence-electron chi connectivity index (χ0n) is 32.6. The third-order valence-electron chi connectivity index (χ3n) is 12.4. The minimum atomic E-state index is -0.0699. The van der Waals surface area contributed by atoms with Gasteiger partial charge in [0.2, 0.25) is 0 Å². The van der Waals surface area contributed by atoms with Crippen LogP contribution >= 0.6 is 0 Å². The maximum Gasteiger partial charge on any atom is 0.136 e. The normalized spacial score (nSPS) is 15.3. The highest BCUT2D eigenvalue weighted by atomic mass is 16.3. The van der Waals surface area contributed by atoms with Gasteiger partial charge in [0.05, 0.1) is 0 Å². The predicted octanol–water partition coefficient (Wildman–Crippen LogP) is 15.2. The number of rotatable bonds is 7. The highest BCUT2D eigenvalue weighted by Crippen LogP contribution is 2.51. The molecule has 0 saturated carbocycles. The number of fused-ring (bicyclic) bond motifs is 7. The summed E-state index contributed by atoms with van der Waals surface area (Å²) in [4.78, 5) is 2.41. The number of para-hydroxylation sites is 2. The Morgan fingerprint density at radius 3 is 2.05 bits per heavy atom. The van der Waals surface area contributed by atoms with E-state index in [4.69, 9.17) is 4.42 Å². The topological polar surface area (TPSA) is 28.4 Å². The van der Waals surface area contributed by atoms with Crippen molar-refractivity contribution < 1.29 is 4.42 Å². The summed E-state index contributed by atoms with van der Waals surface area (Å²) in [5.74, 6) is 0.282. The van der Waals surface area contributed by atoms with Gasteiger partial charge < -0.3 is 14.6 Å². The van der Waals surface area contributed by atoms with E-state index in [9.17, 15) is 0 Å². The summed E-state index contributed by atoms with van der Waals surface area (Å²) < 4.78 is 6.28. The minimum Gasteiger partial charge on any atom is -0.456 e. The van der Waals surface area contributed by atoms with Crippen molar-refractivity contribution in [2.45, 2.75) is 31.6 Å². The molecule has 2 aliphatic rings. The molecule has 0 amide bonds. The number of nitrogens with zero attached hydrogens (tertiary/aromatic N) is 1. The van der Waals surface area contributed by atoms with Crippen molar-refractivity contribution in [1.82, 2.24) is 0 Å². The van der Waals surface area contributed by atoms with E-state index < -0.39 is 0 Å². The minimum absolute atomic E-state index is 0.0699. The second-order valence-electron chi connectivity index (χ2n) is 16.2. The van der Waals surface area contributed by atoms with Crippen molar-refractivity contribution in [3.8, 4) is 22.3 Å². The van der Waals surface area contributed by atoms with Crippen LogP contribution in [0, 0.1) is 0 Å². The molecule has 0 aliphatic heterocycles. The fourth-order valence-electron chi connectivity index (χ4n) is 9.31. The van der Waals surface area contributed by atoms with E-state index in [1.807, 2.05) is 12.1 Å². The summed E-state index contributed by atoms with van der Waals surface area (Å²) in [6, 6.07) is 63.5. The fraction of sp³-hybridized carbons (Fsp3) is 0.0909. The van der Waals surface area contributed by atoms with E-state index in [0.29, 0.717) is 0 Å². The first-order chi connectivity index (χ1) is 28.5. The van der Waals surface area contributed by atoms with Gasteiger partial charge >= 0.3 is 0 Å². The molecule has 58 heavy (non-hydrogen) atoms. The summed E-state index contributed by atoms with van der Waals surface area (Å²) >= 11 is 0. The van der Waals surface area contributed by atoms with Gasteiger partial charge in [-0.1, -0.05) is 135 Å². The van der Waals surface area contributed by atoms with Gasteiger partial charge in [-0.3, -0.25) is 0 Å². The van der Waals surface area contributed by atoms with E-state index in [2.05, 4.69) is 206 Å². The Balaban J connectivity index is 0.887. The van der Waals surface area contributed by atoms with Crippen LogP contribution in [0.5, 0.6) is 0 Å². The number of hydrogen-bond donors (Lipinski definition) is 1. The van der Waals surface area contributed by atoms with Crippen molar-refractivity contribution in [1.29, 1.82) is 0 Å². The average molecular weight is 747 g/mol. The molecule has 0 bridgehead atoms. The smallest absolute Gasteiger partial charge is 0.136 e. The van der Waals surface area contributed by atoms with Crippen molar-refractivity contribution in [2.75, 3.05) is 10.2 Å². The Kier molecular flexibility index (Phi) is 7.97. The Morgan fingerprint density at radius 2 is 1.28 bits per heavy atom. The van der Waals surface area contributed by atoms with Crippen LogP contribution in [0.15, 0.2) is 204 Å². The molecule has 3 nitrogen and oxygen atoms in total. The lowest BCUT2D eigenvalue weighted by atomic mass is 9.82. The Hall–Kier alpha value is -7.10. The lowest BCUT2D eigenvalue weighted by molar-refractivity contribution is 0.661. The molecule has 9 aromatic rings. The molecule has 0 radical (unpaired) electrons. The number of nitrogens with one attached hydrogen (secondary N) is 1. The maximum atomic E-state index is 6.28. The van der Waals surface area contributed by atoms with Crippen molar-refractivity contribution in [3.63, 3.8) is 0 Å². The summed E-state index contributed by atoms with van der Waals surface area (Å²) in [6.45, 7) is 4.72. The highest BCUT2D eigenvalue weighted by Gasteiger charge is 2.36. The van der Waals surface area contributed by atoms with E-state index in [1.165, 1.54) is 50.0 Å². The first-order valence-corrected chi connectivity index (χ1v) is 20.3. The van der Waals surface area contributed by atoms with E-state index in [-0.39, 0.29) is 11.3 Å². The molecule has 8 aromatic carbocycles. The van der Waals surface area contributed by atoms with Crippen LogP contribution in [0.2, 0.25) is 0 Å². The number of anilines is 4. The average Bonchev–Trinajstić information content (AvgIpc) is 3.74. The van der Waals surface area contributed by atoms with Gasteiger partial charge in [0.15, 0.2) is 0 Å². The molecule has 0 fully saturated rings. The van der Waals surface area contributed by atoms with Crippen LogP contribution in [0.25, 0.3) is 55.0 Å². The molecule has 1 atom stereocenters. The molecule has 1 unspecified atom stereocenters. The Labute approximate surface area is 339 Å². The van der Waals surface area contributed by atoms with Crippen molar-refractivity contribution in [2.24, 2.45) is 0 Å². The van der Waals surface area contributed by atoms with Gasteiger partial charge in [0.25, 0.3) is 0 Å². The van der Waals surface area contributed by atoms with E-state index >= 15 is 0 Å². The Morgan fingerprint density at radius 1 is 0.569 bits per heavy atom. The number of furan rings is 1. The van der Waals surface area contributed by atoms with Crippen LogP contribution in [0.4, 0.5) is 22.7 Å². The standard InChI is InChI=1S/C55H42N2O/c1-55(2)50-30-29-44(33-48(50)47-31-39-15-9-10-16-40(39)32-51(47)55)57(42-17-7-4-8-18-42)43-27-23-37(24-28-43)36-21-25-41(26-22-36)56-52-34-49-45-19-11-12-20-53(45)58-54(49)35-46(52)38-13-5-3-6-14-38/h3-23,25-35,37,56H,24H2,1-2H3. The number of hydrogen-bond acceptors (Lipinski definition) is 3. The lowest BCUT2D eigenvalue weighted by Gasteiger charge is -2.30. The van der Waals surface area contributed by atoms with Crippen molar-refractivity contribution >= 4 is 55.5 Å². The summed E-state index contributed by atoms with van der Waals surface area (Å²) in [6.07, 6.45) is 8.00. The molecular formula is C55H42N2O. The van der Waals surface area contributed by atoms with Gasteiger partial charge in [-0.15, -0.1) is 0 Å². The van der Waals surface area contributed by atoms with Gasteiger partial charge in [-0.2, -0.15) is 0 Å². The number of benzene rings is 8. The van der Waals surface area contributed by atoms with Crippen LogP contribution in [0.1, 0.15) is 42.9 Å². The molecule has 1 N–H and O–H groups in total. The summed E-state index contributed by atoms with van der Waals surface area (Å²) in [5, 5.41) is 8.57.